The van der Waals surface area contributed by atoms with Crippen molar-refractivity contribution in [2.75, 3.05) is 5.75 Å². The molecule has 14 heavy (non-hydrogen) atoms. The molecule has 2 N–H and O–H groups in total. The lowest BCUT2D eigenvalue weighted by atomic mass is 10.5. The number of carbonyl (C=O) groups excluding carboxylic acids is 1. The molecular weight excluding hydrogens is 202 g/mol. The van der Waals surface area contributed by atoms with Crippen LogP contribution in [0.4, 0.5) is 0 Å². The van der Waals surface area contributed by atoms with Crippen LogP contribution >= 0.6 is 11.8 Å². The van der Waals surface area contributed by atoms with Crippen molar-refractivity contribution in [3.63, 3.8) is 0 Å². The Balaban J connectivity index is 2.25. The lowest BCUT2D eigenvalue weighted by Crippen LogP contribution is -2.20. The van der Waals surface area contributed by atoms with E-state index in [2.05, 4.69) is 25.7 Å². The largest absolute Gasteiger partial charge is 0.272 e. The van der Waals surface area contributed by atoms with E-state index in [9.17, 15) is 4.79 Å². The highest BCUT2D eigenvalue weighted by molar-refractivity contribution is 7.99. The predicted molar refractivity (Wildman–Crippen MR) is 54.0 cm³/mol. The summed E-state index contributed by atoms with van der Waals surface area (Å²) in [6.07, 6.45) is 1.40. The highest BCUT2D eigenvalue weighted by Gasteiger charge is 2.02. The molecule has 1 amide bonds. The lowest BCUT2D eigenvalue weighted by Gasteiger charge is -1.97. The number of hydrogen-bond donors (Lipinski definition) is 2. The van der Waals surface area contributed by atoms with Gasteiger partial charge in [-0.1, -0.05) is 11.8 Å². The van der Waals surface area contributed by atoms with Crippen LogP contribution in [0.15, 0.2) is 16.6 Å². The number of H-pyrrole nitrogens is 1. The normalized spacial score (nSPS) is 9.57. The van der Waals surface area contributed by atoms with Gasteiger partial charge in [0.05, 0.1) is 5.75 Å². The summed E-state index contributed by atoms with van der Waals surface area (Å²) in [5.74, 6) is 0.110. The van der Waals surface area contributed by atoms with E-state index in [0.717, 1.165) is 5.71 Å². The van der Waals surface area contributed by atoms with Crippen molar-refractivity contribution in [1.82, 2.24) is 20.6 Å². The molecule has 1 heterocycles. The lowest BCUT2D eigenvalue weighted by molar-refractivity contribution is -0.118. The van der Waals surface area contributed by atoms with Gasteiger partial charge in [0.1, 0.15) is 6.33 Å². The molecule has 0 saturated carbocycles. The zero-order valence-electron chi connectivity index (χ0n) is 7.94. The van der Waals surface area contributed by atoms with Crippen molar-refractivity contribution in [2.24, 2.45) is 5.10 Å². The van der Waals surface area contributed by atoms with Crippen molar-refractivity contribution in [3.8, 4) is 0 Å². The van der Waals surface area contributed by atoms with Crippen molar-refractivity contribution in [2.45, 2.75) is 19.0 Å². The van der Waals surface area contributed by atoms with E-state index < -0.39 is 0 Å². The Morgan fingerprint density at radius 2 is 2.50 bits per heavy atom. The van der Waals surface area contributed by atoms with Crippen LogP contribution in [-0.4, -0.2) is 32.6 Å². The Hall–Kier alpha value is -1.37. The van der Waals surface area contributed by atoms with Crippen LogP contribution in [0, 0.1) is 0 Å². The average Bonchev–Trinajstić information content (AvgIpc) is 2.63. The Morgan fingerprint density at radius 1 is 1.71 bits per heavy atom. The van der Waals surface area contributed by atoms with Crippen LogP contribution < -0.4 is 5.43 Å². The molecule has 1 aromatic rings. The zero-order valence-corrected chi connectivity index (χ0v) is 8.76. The summed E-state index contributed by atoms with van der Waals surface area (Å²) < 4.78 is 0. The smallest absolute Gasteiger partial charge is 0.250 e. The summed E-state index contributed by atoms with van der Waals surface area (Å²) >= 11 is 1.28. The third-order valence-electron chi connectivity index (χ3n) is 1.14. The van der Waals surface area contributed by atoms with Gasteiger partial charge < -0.3 is 0 Å². The van der Waals surface area contributed by atoms with E-state index in [1.807, 2.05) is 13.8 Å². The van der Waals surface area contributed by atoms with Gasteiger partial charge in [0.2, 0.25) is 0 Å². The number of rotatable bonds is 4. The summed E-state index contributed by atoms with van der Waals surface area (Å²) in [6.45, 7) is 3.62. The number of aromatic amines is 1. The van der Waals surface area contributed by atoms with Gasteiger partial charge in [0.25, 0.3) is 5.91 Å². The second-order valence-corrected chi connectivity index (χ2v) is 3.64. The third kappa shape index (κ3) is 4.04. The van der Waals surface area contributed by atoms with E-state index in [4.69, 9.17) is 0 Å². The molecule has 1 rings (SSSR count). The van der Waals surface area contributed by atoms with Gasteiger partial charge in [0.15, 0.2) is 5.16 Å². The maximum atomic E-state index is 11.1. The average molecular weight is 213 g/mol. The highest BCUT2D eigenvalue weighted by Crippen LogP contribution is 2.09. The maximum Gasteiger partial charge on any atom is 0.250 e. The first kappa shape index (κ1) is 10.7. The highest BCUT2D eigenvalue weighted by atomic mass is 32.2. The number of hydrogen-bond acceptors (Lipinski definition) is 5. The van der Waals surface area contributed by atoms with Crippen LogP contribution in [-0.2, 0) is 4.79 Å². The third-order valence-corrected chi connectivity index (χ3v) is 2.01. The Labute approximate surface area is 85.6 Å². The Kier molecular flexibility index (Phi) is 4.11. The Morgan fingerprint density at radius 3 is 3.07 bits per heavy atom. The van der Waals surface area contributed by atoms with Gasteiger partial charge in [-0.3, -0.25) is 9.89 Å². The predicted octanol–water partition coefficient (Wildman–Crippen LogP) is 0.409. The molecule has 0 fully saturated rings. The molecule has 0 aliphatic rings. The monoisotopic (exact) mass is 213 g/mol. The molecule has 0 spiro atoms. The van der Waals surface area contributed by atoms with E-state index in [1.165, 1.54) is 18.1 Å². The second kappa shape index (κ2) is 5.38. The van der Waals surface area contributed by atoms with Crippen LogP contribution in [0.25, 0.3) is 0 Å². The molecule has 7 heteroatoms. The fourth-order valence-corrected chi connectivity index (χ4v) is 1.18. The molecule has 0 saturated heterocycles. The van der Waals surface area contributed by atoms with Crippen molar-refractivity contribution >= 4 is 23.4 Å². The fourth-order valence-electron chi connectivity index (χ4n) is 0.604. The number of carbonyl (C=O) groups is 1. The molecule has 0 aromatic carbocycles. The molecule has 0 aliphatic carbocycles. The number of amides is 1. The van der Waals surface area contributed by atoms with Crippen molar-refractivity contribution in [1.29, 1.82) is 0 Å². The first-order valence-electron chi connectivity index (χ1n) is 3.96. The van der Waals surface area contributed by atoms with E-state index in [1.54, 1.807) is 0 Å². The molecule has 1 aromatic heterocycles. The molecule has 0 radical (unpaired) electrons. The van der Waals surface area contributed by atoms with Gasteiger partial charge in [0, 0.05) is 5.71 Å². The molecule has 0 unspecified atom stereocenters. The first-order valence-corrected chi connectivity index (χ1v) is 4.95. The van der Waals surface area contributed by atoms with Crippen LogP contribution in [0.3, 0.4) is 0 Å². The number of aromatic nitrogens is 3. The standard InChI is InChI=1S/C7H11N5OS/c1-5(2)10-11-6(13)3-14-7-8-4-9-12-7/h4H,3H2,1-2H3,(H,11,13)(H,8,9,12). The van der Waals surface area contributed by atoms with Crippen LogP contribution in [0.2, 0.25) is 0 Å². The molecule has 76 valence electrons. The second-order valence-electron chi connectivity index (χ2n) is 2.67. The van der Waals surface area contributed by atoms with Gasteiger partial charge in [-0.25, -0.2) is 10.4 Å². The quantitative estimate of drug-likeness (QED) is 0.431. The van der Waals surface area contributed by atoms with E-state index in [-0.39, 0.29) is 11.7 Å². The number of thioether (sulfide) groups is 1. The van der Waals surface area contributed by atoms with E-state index >= 15 is 0 Å². The van der Waals surface area contributed by atoms with Gasteiger partial charge in [-0.2, -0.15) is 10.2 Å². The molecule has 0 aliphatic heterocycles. The molecule has 0 bridgehead atoms. The SMILES string of the molecule is CC(C)=NNC(=O)CSc1ncn[nH]1. The van der Waals surface area contributed by atoms with Gasteiger partial charge in [-0.15, -0.1) is 0 Å². The number of nitrogens with one attached hydrogen (secondary N) is 2. The van der Waals surface area contributed by atoms with Gasteiger partial charge >= 0.3 is 0 Å². The summed E-state index contributed by atoms with van der Waals surface area (Å²) in [4.78, 5) is 15.0. The maximum absolute atomic E-state index is 11.1. The first-order chi connectivity index (χ1) is 6.68. The molecule has 6 nitrogen and oxygen atoms in total. The number of hydrazone groups is 1. The zero-order chi connectivity index (χ0) is 10.4. The summed E-state index contributed by atoms with van der Waals surface area (Å²) in [5, 5.41) is 10.7. The minimum Gasteiger partial charge on any atom is -0.272 e. The summed E-state index contributed by atoms with van der Waals surface area (Å²) in [6, 6.07) is 0. The molecule has 0 atom stereocenters. The minimum absolute atomic E-state index is 0.160. The number of nitrogens with zero attached hydrogens (tertiary/aromatic N) is 3. The topological polar surface area (TPSA) is 83.0 Å². The van der Waals surface area contributed by atoms with Crippen molar-refractivity contribution in [3.05, 3.63) is 6.33 Å². The van der Waals surface area contributed by atoms with E-state index in [0.29, 0.717) is 5.16 Å². The van der Waals surface area contributed by atoms with Gasteiger partial charge in [-0.05, 0) is 13.8 Å². The van der Waals surface area contributed by atoms with Crippen LogP contribution in [0.5, 0.6) is 0 Å². The fraction of sp³-hybridized carbons (Fsp3) is 0.429. The minimum atomic E-state index is -0.160. The van der Waals surface area contributed by atoms with Crippen LogP contribution in [0.1, 0.15) is 13.8 Å². The summed E-state index contributed by atoms with van der Waals surface area (Å²) in [7, 11) is 0. The Bertz CT molecular complexity index is 317. The van der Waals surface area contributed by atoms with Crippen molar-refractivity contribution < 1.29 is 4.79 Å². The molecular formula is C7H11N5OS. The summed E-state index contributed by atoms with van der Waals surface area (Å²) in [5.41, 5.74) is 3.22.